The van der Waals surface area contributed by atoms with Crippen LogP contribution in [-0.4, -0.2) is 6.10 Å². The highest BCUT2D eigenvalue weighted by molar-refractivity contribution is 5.47. The summed E-state index contributed by atoms with van der Waals surface area (Å²) < 4.78 is 19.7. The van der Waals surface area contributed by atoms with Gasteiger partial charge in [0.15, 0.2) is 11.6 Å². The van der Waals surface area contributed by atoms with E-state index in [4.69, 9.17) is 4.74 Å². The minimum Gasteiger partial charge on any atom is -0.488 e. The number of rotatable bonds is 3. The van der Waals surface area contributed by atoms with Gasteiger partial charge in [0.2, 0.25) is 0 Å². The van der Waals surface area contributed by atoms with Crippen LogP contribution in [0.15, 0.2) is 12.1 Å². The van der Waals surface area contributed by atoms with Gasteiger partial charge in [0.05, 0.1) is 6.10 Å². The van der Waals surface area contributed by atoms with Crippen LogP contribution in [0, 0.1) is 17.7 Å². The molecule has 0 heterocycles. The summed E-state index contributed by atoms with van der Waals surface area (Å²) in [5.41, 5.74) is 2.61. The molecule has 1 aromatic rings. The van der Waals surface area contributed by atoms with E-state index in [1.165, 1.54) is 24.0 Å². The maximum Gasteiger partial charge on any atom is 0.165 e. The van der Waals surface area contributed by atoms with Gasteiger partial charge in [-0.2, -0.15) is 0 Å². The molecule has 3 rings (SSSR count). The summed E-state index contributed by atoms with van der Waals surface area (Å²) in [6, 6.07) is 3.72. The second kappa shape index (κ2) is 4.50. The molecule has 19 heavy (non-hydrogen) atoms. The zero-order valence-electron chi connectivity index (χ0n) is 12.2. The van der Waals surface area contributed by atoms with Gasteiger partial charge in [0.1, 0.15) is 0 Å². The average molecular weight is 262 g/mol. The molecule has 2 aliphatic rings. The van der Waals surface area contributed by atoms with Crippen LogP contribution >= 0.6 is 0 Å². The maximum absolute atomic E-state index is 14.1. The summed E-state index contributed by atoms with van der Waals surface area (Å²) in [7, 11) is 0. The van der Waals surface area contributed by atoms with Crippen molar-refractivity contribution in [3.63, 3.8) is 0 Å². The van der Waals surface area contributed by atoms with Crippen LogP contribution < -0.4 is 4.74 Å². The maximum atomic E-state index is 14.1. The van der Waals surface area contributed by atoms with Gasteiger partial charge in [0.25, 0.3) is 0 Å². The van der Waals surface area contributed by atoms with E-state index < -0.39 is 0 Å². The second-order valence-electron chi connectivity index (χ2n) is 6.69. The second-order valence-corrected chi connectivity index (χ2v) is 6.69. The Balaban J connectivity index is 2.01. The van der Waals surface area contributed by atoms with Crippen molar-refractivity contribution in [1.82, 2.24) is 0 Å². The van der Waals surface area contributed by atoms with Crippen LogP contribution in [0.25, 0.3) is 0 Å². The van der Waals surface area contributed by atoms with Gasteiger partial charge < -0.3 is 4.74 Å². The topological polar surface area (TPSA) is 9.23 Å². The average Bonchev–Trinajstić information content (AvgIpc) is 2.85. The van der Waals surface area contributed by atoms with Gasteiger partial charge in [0, 0.05) is 0 Å². The number of halogens is 1. The fourth-order valence-electron chi connectivity index (χ4n) is 4.25. The molecule has 1 saturated carbocycles. The van der Waals surface area contributed by atoms with Crippen molar-refractivity contribution in [1.29, 1.82) is 0 Å². The molecule has 0 amide bonds. The summed E-state index contributed by atoms with van der Waals surface area (Å²) in [4.78, 5) is 0. The van der Waals surface area contributed by atoms with Crippen molar-refractivity contribution in [2.45, 2.75) is 58.5 Å². The van der Waals surface area contributed by atoms with Crippen LogP contribution in [0.5, 0.6) is 5.75 Å². The van der Waals surface area contributed by atoms with E-state index in [1.807, 2.05) is 19.9 Å². The van der Waals surface area contributed by atoms with Crippen molar-refractivity contribution in [2.75, 3.05) is 0 Å². The quantitative estimate of drug-likeness (QED) is 0.756. The number of hydrogen-bond donors (Lipinski definition) is 0. The van der Waals surface area contributed by atoms with E-state index >= 15 is 0 Å². The number of hydrogen-bond acceptors (Lipinski definition) is 1. The molecule has 2 bridgehead atoms. The van der Waals surface area contributed by atoms with Crippen molar-refractivity contribution in [2.24, 2.45) is 11.8 Å². The van der Waals surface area contributed by atoms with Crippen LogP contribution in [0.3, 0.4) is 0 Å². The fourth-order valence-corrected chi connectivity index (χ4v) is 4.25. The third kappa shape index (κ3) is 1.96. The first kappa shape index (κ1) is 13.0. The zero-order valence-corrected chi connectivity index (χ0v) is 12.2. The first-order valence-electron chi connectivity index (χ1n) is 7.49. The van der Waals surface area contributed by atoms with Crippen molar-refractivity contribution in [3.05, 3.63) is 29.1 Å². The number of benzene rings is 1. The predicted molar refractivity (Wildman–Crippen MR) is 75.2 cm³/mol. The van der Waals surface area contributed by atoms with E-state index in [9.17, 15) is 4.39 Å². The SMILES string of the molecule is CC(C)Oc1cc2c(cc1F)C1CCC2C1C(C)C. The van der Waals surface area contributed by atoms with Crippen LogP contribution in [0.2, 0.25) is 0 Å². The molecule has 0 spiro atoms. The summed E-state index contributed by atoms with van der Waals surface area (Å²) >= 11 is 0. The molecule has 0 N–H and O–H groups in total. The highest BCUT2D eigenvalue weighted by atomic mass is 19.1. The summed E-state index contributed by atoms with van der Waals surface area (Å²) in [6.07, 6.45) is 2.50. The fraction of sp³-hybridized carbons (Fsp3) is 0.647. The molecule has 0 radical (unpaired) electrons. The highest BCUT2D eigenvalue weighted by Crippen LogP contribution is 2.60. The molecule has 0 aliphatic heterocycles. The Morgan fingerprint density at radius 2 is 1.63 bits per heavy atom. The molecule has 2 aliphatic carbocycles. The molecular weight excluding hydrogens is 239 g/mol. The molecule has 2 heteroatoms. The lowest BCUT2D eigenvalue weighted by Gasteiger charge is -2.19. The highest BCUT2D eigenvalue weighted by Gasteiger charge is 2.47. The van der Waals surface area contributed by atoms with Crippen molar-refractivity contribution >= 4 is 0 Å². The predicted octanol–water partition coefficient (Wildman–Crippen LogP) is 4.86. The van der Waals surface area contributed by atoms with E-state index in [2.05, 4.69) is 13.8 Å². The standard InChI is InChI=1S/C17H23FO/c1-9(2)17-11-5-6-12(17)14-8-16(19-10(3)4)15(18)7-13(11)14/h7-12,17H,5-6H2,1-4H3. The molecule has 1 fully saturated rings. The Kier molecular flexibility index (Phi) is 3.07. The molecule has 3 atom stereocenters. The Labute approximate surface area is 115 Å². The van der Waals surface area contributed by atoms with Gasteiger partial charge in [-0.15, -0.1) is 0 Å². The summed E-state index contributed by atoms with van der Waals surface area (Å²) in [5, 5.41) is 0. The molecule has 1 nitrogen and oxygen atoms in total. The number of ether oxygens (including phenoxy) is 1. The largest absolute Gasteiger partial charge is 0.488 e. The van der Waals surface area contributed by atoms with Crippen LogP contribution in [0.4, 0.5) is 4.39 Å². The Morgan fingerprint density at radius 1 is 1.05 bits per heavy atom. The third-order valence-electron chi connectivity index (χ3n) is 4.79. The van der Waals surface area contributed by atoms with Crippen LogP contribution in [-0.2, 0) is 0 Å². The minimum atomic E-state index is -0.192. The zero-order chi connectivity index (χ0) is 13.7. The monoisotopic (exact) mass is 262 g/mol. The molecule has 0 aromatic heterocycles. The normalized spacial score (nSPS) is 28.3. The minimum absolute atomic E-state index is 0.0204. The molecule has 3 unspecified atom stereocenters. The van der Waals surface area contributed by atoms with Gasteiger partial charge in [-0.25, -0.2) is 4.39 Å². The first-order chi connectivity index (χ1) is 8.99. The van der Waals surface area contributed by atoms with E-state index in [1.54, 1.807) is 6.07 Å². The van der Waals surface area contributed by atoms with Crippen molar-refractivity contribution < 1.29 is 9.13 Å². The smallest absolute Gasteiger partial charge is 0.165 e. The van der Waals surface area contributed by atoms with Crippen molar-refractivity contribution in [3.8, 4) is 5.75 Å². The third-order valence-corrected chi connectivity index (χ3v) is 4.79. The lowest BCUT2D eigenvalue weighted by molar-refractivity contribution is 0.230. The first-order valence-corrected chi connectivity index (χ1v) is 7.49. The van der Waals surface area contributed by atoms with E-state index in [0.717, 1.165) is 0 Å². The van der Waals surface area contributed by atoms with E-state index in [0.29, 0.717) is 29.4 Å². The molecule has 104 valence electrons. The van der Waals surface area contributed by atoms with Gasteiger partial charge in [-0.05, 0) is 73.6 Å². The van der Waals surface area contributed by atoms with Gasteiger partial charge in [-0.3, -0.25) is 0 Å². The molecule has 0 saturated heterocycles. The van der Waals surface area contributed by atoms with Gasteiger partial charge in [-0.1, -0.05) is 13.8 Å². The summed E-state index contributed by atoms with van der Waals surface area (Å²) in [5.74, 6) is 2.80. The van der Waals surface area contributed by atoms with Crippen LogP contribution in [0.1, 0.15) is 63.5 Å². The van der Waals surface area contributed by atoms with E-state index in [-0.39, 0.29) is 11.9 Å². The molecular formula is C17H23FO. The Hall–Kier alpha value is -1.05. The lowest BCUT2D eigenvalue weighted by atomic mass is 9.85. The lowest BCUT2D eigenvalue weighted by Crippen LogP contribution is -2.11. The summed E-state index contributed by atoms with van der Waals surface area (Å²) in [6.45, 7) is 8.47. The molecule has 1 aromatic carbocycles. The Morgan fingerprint density at radius 3 is 2.16 bits per heavy atom. The van der Waals surface area contributed by atoms with Gasteiger partial charge >= 0.3 is 0 Å². The number of fused-ring (bicyclic) bond motifs is 5. The Bertz CT molecular complexity index is 492.